The molecule has 0 saturated carbocycles. The maximum absolute atomic E-state index is 13.5. The molecule has 1 aliphatic rings. The van der Waals surface area contributed by atoms with Crippen LogP contribution in [0.4, 0.5) is 26.3 Å². The van der Waals surface area contributed by atoms with Gasteiger partial charge in [0, 0.05) is 16.7 Å². The summed E-state index contributed by atoms with van der Waals surface area (Å²) >= 11 is 6.51. The number of hydrogen-bond donors (Lipinski definition) is 5. The Morgan fingerprint density at radius 2 is 1.70 bits per heavy atom. The molecule has 5 unspecified atom stereocenters. The van der Waals surface area contributed by atoms with Gasteiger partial charge in [0.05, 0.1) is 28.9 Å². The van der Waals surface area contributed by atoms with Crippen LogP contribution < -0.4 is 11.1 Å². The number of aliphatic hydroxyl groups is 3. The van der Waals surface area contributed by atoms with Gasteiger partial charge in [0.15, 0.2) is 17.5 Å². The molecule has 3 rings (SSSR count). The molecule has 0 aromatic heterocycles. The summed E-state index contributed by atoms with van der Waals surface area (Å²) in [5.41, 5.74) is 3.04. The Bertz CT molecular complexity index is 1080. The predicted octanol–water partition coefficient (Wildman–Crippen LogP) is 4.25. The van der Waals surface area contributed by atoms with E-state index in [0.29, 0.717) is 12.1 Å². The number of halogens is 7. The molecule has 6 nitrogen and oxygen atoms in total. The van der Waals surface area contributed by atoms with Gasteiger partial charge in [-0.15, -0.1) is 0 Å². The Morgan fingerprint density at radius 1 is 1.11 bits per heavy atom. The second-order valence-corrected chi connectivity index (χ2v) is 9.09. The van der Waals surface area contributed by atoms with Crippen molar-refractivity contribution in [2.45, 2.75) is 54.7 Å². The molecular weight excluding hydrogens is 550 g/mol. The van der Waals surface area contributed by atoms with Gasteiger partial charge >= 0.3 is 6.18 Å². The molecule has 2 aromatic carbocycles. The number of alkyl halides is 3. The summed E-state index contributed by atoms with van der Waals surface area (Å²) in [6.45, 7) is 3.32. The average Bonchev–Trinajstić information content (AvgIpc) is 2.84. The lowest BCUT2D eigenvalue weighted by Gasteiger charge is -2.42. The number of nitrogens with one attached hydrogen (secondary N) is 1. The minimum Gasteiger partial charge on any atom is -0.397 e. The van der Waals surface area contributed by atoms with Crippen molar-refractivity contribution in [1.29, 1.82) is 0 Å². The van der Waals surface area contributed by atoms with E-state index < -0.39 is 70.6 Å². The fraction of sp³-hybridized carbons (Fsp3) is 0.391. The van der Waals surface area contributed by atoms with Gasteiger partial charge in [-0.1, -0.05) is 37.2 Å². The minimum atomic E-state index is -4.66. The first-order chi connectivity index (χ1) is 17.3. The van der Waals surface area contributed by atoms with Gasteiger partial charge in [0.25, 0.3) is 0 Å². The maximum atomic E-state index is 13.5. The zero-order valence-electron chi connectivity index (χ0n) is 19.4. The maximum Gasteiger partial charge on any atom is 0.417 e. The third-order valence-electron chi connectivity index (χ3n) is 5.13. The van der Waals surface area contributed by atoms with E-state index in [1.807, 2.05) is 13.8 Å². The Hall–Kier alpha value is -2.16. The smallest absolute Gasteiger partial charge is 0.397 e. The molecule has 2 aromatic rings. The third kappa shape index (κ3) is 7.45. The molecule has 37 heavy (non-hydrogen) atoms. The Balaban J connectivity index is 0.00000235. The lowest BCUT2D eigenvalue weighted by molar-refractivity contribution is -0.164. The molecule has 0 spiro atoms. The number of hydrogen-bond acceptors (Lipinski definition) is 7. The SMILES string of the molecule is CC.N/C(=C\NC1C(O)C(CO)OC(Sc2ccc(C(F)(F)F)c(Cl)c2)C1O)c1cc(F)c(F)c(F)c1. The van der Waals surface area contributed by atoms with Gasteiger partial charge in [-0.3, -0.25) is 0 Å². The van der Waals surface area contributed by atoms with E-state index in [4.69, 9.17) is 22.1 Å². The van der Waals surface area contributed by atoms with E-state index in [9.17, 15) is 41.7 Å². The Morgan fingerprint density at radius 3 is 2.22 bits per heavy atom. The standard InChI is InChI=1S/C21H19ClF6N2O4S.C2H6/c22-11-5-9(1-2-10(11)21(26,27)28)35-20-19(33)17(18(32)15(7-31)34-20)30-6-14(29)8-3-12(23)16(25)13(24)4-8;1-2/h1-6,15,17-20,30-33H,7,29H2;1-2H3/b14-6-;. The number of thioether (sulfide) groups is 1. The third-order valence-corrected chi connectivity index (χ3v) is 6.59. The number of nitrogens with two attached hydrogens (primary N) is 1. The molecule has 0 bridgehead atoms. The van der Waals surface area contributed by atoms with Crippen LogP contribution in [-0.2, 0) is 10.9 Å². The second kappa shape index (κ2) is 13.1. The lowest BCUT2D eigenvalue weighted by Crippen LogP contribution is -2.62. The molecule has 0 radical (unpaired) electrons. The monoisotopic (exact) mass is 574 g/mol. The van der Waals surface area contributed by atoms with Gasteiger partial charge in [0.1, 0.15) is 23.7 Å². The van der Waals surface area contributed by atoms with Gasteiger partial charge in [-0.2, -0.15) is 13.2 Å². The molecule has 206 valence electrons. The van der Waals surface area contributed by atoms with Gasteiger partial charge in [-0.25, -0.2) is 13.2 Å². The molecule has 1 fully saturated rings. The summed E-state index contributed by atoms with van der Waals surface area (Å²) in [5.74, 6) is -4.64. The highest BCUT2D eigenvalue weighted by molar-refractivity contribution is 7.99. The van der Waals surface area contributed by atoms with E-state index in [1.54, 1.807) is 0 Å². The van der Waals surface area contributed by atoms with E-state index in [1.165, 1.54) is 0 Å². The quantitative estimate of drug-likeness (QED) is 0.259. The van der Waals surface area contributed by atoms with Crippen molar-refractivity contribution in [3.8, 4) is 0 Å². The molecule has 0 amide bonds. The largest absolute Gasteiger partial charge is 0.417 e. The van der Waals surface area contributed by atoms with Gasteiger partial charge < -0.3 is 31.1 Å². The highest BCUT2D eigenvalue weighted by Gasteiger charge is 2.44. The fourth-order valence-electron chi connectivity index (χ4n) is 3.31. The van der Waals surface area contributed by atoms with Crippen LogP contribution in [0.15, 0.2) is 41.4 Å². The van der Waals surface area contributed by atoms with Crippen LogP contribution in [0, 0.1) is 17.5 Å². The summed E-state index contributed by atoms with van der Waals surface area (Å²) < 4.78 is 84.4. The highest BCUT2D eigenvalue weighted by atomic mass is 35.5. The zero-order chi connectivity index (χ0) is 28.1. The molecule has 14 heteroatoms. The topological polar surface area (TPSA) is 108 Å². The fourth-order valence-corrected chi connectivity index (χ4v) is 4.77. The number of ether oxygens (including phenoxy) is 1. The minimum absolute atomic E-state index is 0.200. The first kappa shape index (κ1) is 31.1. The summed E-state index contributed by atoms with van der Waals surface area (Å²) in [7, 11) is 0. The van der Waals surface area contributed by atoms with Crippen LogP contribution in [-0.4, -0.2) is 51.7 Å². The van der Waals surface area contributed by atoms with Gasteiger partial charge in [0.2, 0.25) is 0 Å². The van der Waals surface area contributed by atoms with Crippen LogP contribution in [0.3, 0.4) is 0 Å². The van der Waals surface area contributed by atoms with Crippen LogP contribution in [0.1, 0.15) is 25.0 Å². The van der Waals surface area contributed by atoms with Crippen molar-refractivity contribution in [3.63, 3.8) is 0 Å². The molecule has 1 heterocycles. The highest BCUT2D eigenvalue weighted by Crippen LogP contribution is 2.39. The normalized spacial score (nSPS) is 24.3. The summed E-state index contributed by atoms with van der Waals surface area (Å²) in [5, 5.41) is 32.8. The van der Waals surface area contributed by atoms with Crippen molar-refractivity contribution >= 4 is 29.1 Å². The van der Waals surface area contributed by atoms with Crippen LogP contribution in [0.5, 0.6) is 0 Å². The molecule has 1 saturated heterocycles. The van der Waals surface area contributed by atoms with E-state index in [2.05, 4.69) is 5.32 Å². The van der Waals surface area contributed by atoms with Gasteiger partial charge in [-0.05, 0) is 30.3 Å². The molecule has 6 N–H and O–H groups in total. The zero-order valence-corrected chi connectivity index (χ0v) is 21.0. The first-order valence-electron chi connectivity index (χ1n) is 10.9. The summed E-state index contributed by atoms with van der Waals surface area (Å²) in [4.78, 5) is 0.200. The summed E-state index contributed by atoms with van der Waals surface area (Å²) in [6, 6.07) is 2.96. The summed E-state index contributed by atoms with van der Waals surface area (Å²) in [6.07, 6.45) is -7.86. The lowest BCUT2D eigenvalue weighted by atomic mass is 9.97. The van der Waals surface area contributed by atoms with Crippen molar-refractivity contribution in [2.24, 2.45) is 5.73 Å². The van der Waals surface area contributed by atoms with E-state index >= 15 is 0 Å². The Kier molecular flexibility index (Phi) is 11.0. The van der Waals surface area contributed by atoms with Crippen LogP contribution in [0.2, 0.25) is 5.02 Å². The van der Waals surface area contributed by atoms with E-state index in [0.717, 1.165) is 36.2 Å². The van der Waals surface area contributed by atoms with Crippen molar-refractivity contribution in [3.05, 3.63) is 70.1 Å². The molecule has 0 aliphatic carbocycles. The average molecular weight is 575 g/mol. The molecular formula is C23H25ClF6N2O4S. The number of rotatable bonds is 6. The van der Waals surface area contributed by atoms with Crippen LogP contribution >= 0.6 is 23.4 Å². The van der Waals surface area contributed by atoms with E-state index in [-0.39, 0.29) is 16.2 Å². The number of benzene rings is 2. The molecule has 5 atom stereocenters. The molecule has 1 aliphatic heterocycles. The van der Waals surface area contributed by atoms with Crippen LogP contribution in [0.25, 0.3) is 5.70 Å². The van der Waals surface area contributed by atoms with Crippen molar-refractivity contribution < 1.29 is 46.4 Å². The van der Waals surface area contributed by atoms with Crippen molar-refractivity contribution in [1.82, 2.24) is 5.32 Å². The van der Waals surface area contributed by atoms with Crippen molar-refractivity contribution in [2.75, 3.05) is 6.61 Å². The predicted molar refractivity (Wildman–Crippen MR) is 127 cm³/mol. The Labute approximate surface area is 218 Å². The number of aliphatic hydroxyl groups excluding tert-OH is 3. The first-order valence-corrected chi connectivity index (χ1v) is 12.1. The second-order valence-electron chi connectivity index (χ2n) is 7.51.